The van der Waals surface area contributed by atoms with Gasteiger partial charge >= 0.3 is 0 Å². The lowest BCUT2D eigenvalue weighted by Crippen LogP contribution is -2.11. The van der Waals surface area contributed by atoms with E-state index < -0.39 is 0 Å². The molecule has 0 aliphatic rings. The maximum atomic E-state index is 12.2. The van der Waals surface area contributed by atoms with Crippen LogP contribution in [0.15, 0.2) is 60.9 Å². The molecule has 4 heteroatoms. The molecule has 116 valence electrons. The maximum absolute atomic E-state index is 12.2. The van der Waals surface area contributed by atoms with Crippen molar-refractivity contribution in [3.05, 3.63) is 77.9 Å². The fourth-order valence-corrected chi connectivity index (χ4v) is 2.44. The number of aryl methyl sites for hydroxylation is 2. The Balaban J connectivity index is 1.75. The highest BCUT2D eigenvalue weighted by molar-refractivity contribution is 6.04. The third-order valence-corrected chi connectivity index (χ3v) is 3.75. The quantitative estimate of drug-likeness (QED) is 0.792. The topological polar surface area (TPSA) is 46.9 Å². The highest BCUT2D eigenvalue weighted by Gasteiger charge is 2.07. The van der Waals surface area contributed by atoms with Gasteiger partial charge in [0, 0.05) is 35.8 Å². The lowest BCUT2D eigenvalue weighted by molar-refractivity contribution is 0.102. The van der Waals surface area contributed by atoms with Gasteiger partial charge < -0.3 is 9.88 Å². The number of hydrogen-bond donors (Lipinski definition) is 1. The zero-order chi connectivity index (χ0) is 16.2. The Morgan fingerprint density at radius 1 is 1.09 bits per heavy atom. The standard InChI is InChI=1S/C19H19N3O/c1-3-18-20-12-13-22(18)17-10-8-16(9-11-17)21-19(23)15-6-4-14(2)5-7-15/h4-13H,3H2,1-2H3,(H,21,23). The van der Waals surface area contributed by atoms with Gasteiger partial charge in [-0.25, -0.2) is 4.98 Å². The number of rotatable bonds is 4. The Kier molecular flexibility index (Phi) is 4.24. The fraction of sp³-hybridized carbons (Fsp3) is 0.158. The minimum Gasteiger partial charge on any atom is -0.322 e. The number of nitrogens with one attached hydrogen (secondary N) is 1. The van der Waals surface area contributed by atoms with Crippen LogP contribution >= 0.6 is 0 Å². The van der Waals surface area contributed by atoms with Crippen LogP contribution in [-0.4, -0.2) is 15.5 Å². The van der Waals surface area contributed by atoms with E-state index in [0.717, 1.165) is 29.2 Å². The largest absolute Gasteiger partial charge is 0.322 e. The van der Waals surface area contributed by atoms with Gasteiger partial charge in [-0.3, -0.25) is 4.79 Å². The van der Waals surface area contributed by atoms with E-state index in [1.165, 1.54) is 0 Å². The molecule has 4 nitrogen and oxygen atoms in total. The number of hydrogen-bond acceptors (Lipinski definition) is 2. The molecule has 0 aliphatic carbocycles. The zero-order valence-electron chi connectivity index (χ0n) is 13.3. The summed E-state index contributed by atoms with van der Waals surface area (Å²) in [5.74, 6) is 0.913. The zero-order valence-corrected chi connectivity index (χ0v) is 13.3. The molecule has 1 heterocycles. The van der Waals surface area contributed by atoms with E-state index in [0.29, 0.717) is 5.56 Å². The first-order valence-electron chi connectivity index (χ1n) is 7.68. The number of imidazole rings is 1. The molecule has 0 unspecified atom stereocenters. The molecule has 23 heavy (non-hydrogen) atoms. The van der Waals surface area contributed by atoms with Gasteiger partial charge in [0.05, 0.1) is 0 Å². The lowest BCUT2D eigenvalue weighted by atomic mass is 10.1. The van der Waals surface area contributed by atoms with E-state index in [9.17, 15) is 4.79 Å². The third kappa shape index (κ3) is 3.31. The molecule has 0 saturated heterocycles. The van der Waals surface area contributed by atoms with Gasteiger partial charge in [-0.2, -0.15) is 0 Å². The molecule has 3 aromatic rings. The van der Waals surface area contributed by atoms with Crippen molar-refractivity contribution >= 4 is 11.6 Å². The summed E-state index contributed by atoms with van der Waals surface area (Å²) in [6.45, 7) is 4.08. The van der Waals surface area contributed by atoms with Crippen LogP contribution in [-0.2, 0) is 6.42 Å². The van der Waals surface area contributed by atoms with Crippen LogP contribution in [0.5, 0.6) is 0 Å². The van der Waals surface area contributed by atoms with E-state index in [4.69, 9.17) is 0 Å². The van der Waals surface area contributed by atoms with Gasteiger partial charge in [0.2, 0.25) is 0 Å². The summed E-state index contributed by atoms with van der Waals surface area (Å²) < 4.78 is 2.05. The second kappa shape index (κ2) is 6.48. The van der Waals surface area contributed by atoms with Crippen molar-refractivity contribution in [3.63, 3.8) is 0 Å². The average Bonchev–Trinajstić information content (AvgIpc) is 3.05. The van der Waals surface area contributed by atoms with Crippen molar-refractivity contribution < 1.29 is 4.79 Å². The van der Waals surface area contributed by atoms with Crippen molar-refractivity contribution in [2.24, 2.45) is 0 Å². The van der Waals surface area contributed by atoms with E-state index in [1.54, 1.807) is 6.20 Å². The molecule has 0 radical (unpaired) electrons. The normalized spacial score (nSPS) is 10.5. The van der Waals surface area contributed by atoms with Crippen molar-refractivity contribution in [1.29, 1.82) is 0 Å². The van der Waals surface area contributed by atoms with Gasteiger partial charge in [-0.15, -0.1) is 0 Å². The van der Waals surface area contributed by atoms with Crippen LogP contribution in [0.3, 0.4) is 0 Å². The first kappa shape index (κ1) is 15.0. The number of carbonyl (C=O) groups is 1. The molecule has 0 spiro atoms. The highest BCUT2D eigenvalue weighted by atomic mass is 16.1. The molecule has 0 bridgehead atoms. The molecule has 0 atom stereocenters. The predicted molar refractivity (Wildman–Crippen MR) is 92.1 cm³/mol. The molecule has 0 fully saturated rings. The van der Waals surface area contributed by atoms with Crippen LogP contribution in [0, 0.1) is 6.92 Å². The van der Waals surface area contributed by atoms with Gasteiger partial charge in [0.15, 0.2) is 0 Å². The number of anilines is 1. The Morgan fingerprint density at radius 2 is 1.78 bits per heavy atom. The van der Waals surface area contributed by atoms with Crippen molar-refractivity contribution in [1.82, 2.24) is 9.55 Å². The molecule has 1 N–H and O–H groups in total. The Hall–Kier alpha value is -2.88. The predicted octanol–water partition coefficient (Wildman–Crippen LogP) is 4.00. The summed E-state index contributed by atoms with van der Waals surface area (Å²) in [5, 5.41) is 2.91. The fourth-order valence-electron chi connectivity index (χ4n) is 2.44. The Morgan fingerprint density at radius 3 is 2.43 bits per heavy atom. The summed E-state index contributed by atoms with van der Waals surface area (Å²) in [6, 6.07) is 15.3. The smallest absolute Gasteiger partial charge is 0.255 e. The molecule has 0 aliphatic heterocycles. The molecule has 3 rings (SSSR count). The highest BCUT2D eigenvalue weighted by Crippen LogP contribution is 2.16. The number of benzene rings is 2. The lowest BCUT2D eigenvalue weighted by Gasteiger charge is -2.09. The van der Waals surface area contributed by atoms with Crippen LogP contribution in [0.4, 0.5) is 5.69 Å². The van der Waals surface area contributed by atoms with Crippen LogP contribution < -0.4 is 5.32 Å². The molecular formula is C19H19N3O. The number of carbonyl (C=O) groups excluding carboxylic acids is 1. The van der Waals surface area contributed by atoms with Crippen LogP contribution in [0.25, 0.3) is 5.69 Å². The summed E-state index contributed by atoms with van der Waals surface area (Å²) in [4.78, 5) is 16.5. The molecule has 0 saturated carbocycles. The molecular weight excluding hydrogens is 286 g/mol. The van der Waals surface area contributed by atoms with Crippen LogP contribution in [0.1, 0.15) is 28.7 Å². The van der Waals surface area contributed by atoms with E-state index >= 15 is 0 Å². The summed E-state index contributed by atoms with van der Waals surface area (Å²) in [7, 11) is 0. The second-order valence-corrected chi connectivity index (χ2v) is 5.43. The summed E-state index contributed by atoms with van der Waals surface area (Å²) >= 11 is 0. The van der Waals surface area contributed by atoms with Crippen molar-refractivity contribution in [2.75, 3.05) is 5.32 Å². The minimum atomic E-state index is -0.102. The second-order valence-electron chi connectivity index (χ2n) is 5.43. The molecule has 1 amide bonds. The van der Waals surface area contributed by atoms with Gasteiger partial charge in [0.25, 0.3) is 5.91 Å². The minimum absolute atomic E-state index is 0.102. The number of aromatic nitrogens is 2. The van der Waals surface area contributed by atoms with Gasteiger partial charge in [0.1, 0.15) is 5.82 Å². The first-order valence-corrected chi connectivity index (χ1v) is 7.68. The number of nitrogens with zero attached hydrogens (tertiary/aromatic N) is 2. The monoisotopic (exact) mass is 305 g/mol. The van der Waals surface area contributed by atoms with Crippen LogP contribution in [0.2, 0.25) is 0 Å². The molecule has 1 aromatic heterocycles. The first-order chi connectivity index (χ1) is 11.2. The summed E-state index contributed by atoms with van der Waals surface area (Å²) in [6.07, 6.45) is 4.61. The maximum Gasteiger partial charge on any atom is 0.255 e. The van der Waals surface area contributed by atoms with Crippen molar-refractivity contribution in [2.45, 2.75) is 20.3 Å². The van der Waals surface area contributed by atoms with Crippen molar-refractivity contribution in [3.8, 4) is 5.69 Å². The Bertz CT molecular complexity index is 801. The van der Waals surface area contributed by atoms with E-state index in [2.05, 4.69) is 17.2 Å². The number of amides is 1. The Labute approximate surface area is 135 Å². The third-order valence-electron chi connectivity index (χ3n) is 3.75. The van der Waals surface area contributed by atoms with E-state index in [-0.39, 0.29) is 5.91 Å². The van der Waals surface area contributed by atoms with E-state index in [1.807, 2.05) is 66.2 Å². The van der Waals surface area contributed by atoms with Gasteiger partial charge in [-0.05, 0) is 43.3 Å². The SMILES string of the molecule is CCc1nccn1-c1ccc(NC(=O)c2ccc(C)cc2)cc1. The summed E-state index contributed by atoms with van der Waals surface area (Å²) in [5.41, 5.74) is 3.60. The molecule has 2 aromatic carbocycles. The average molecular weight is 305 g/mol. The van der Waals surface area contributed by atoms with Gasteiger partial charge in [-0.1, -0.05) is 24.6 Å².